The number of nitrogens with one attached hydrogen (secondary N) is 1. The van der Waals surface area contributed by atoms with Crippen molar-refractivity contribution < 1.29 is 9.21 Å². The van der Waals surface area contributed by atoms with Crippen LogP contribution < -0.4 is 5.32 Å². The van der Waals surface area contributed by atoms with Crippen LogP contribution in [0.25, 0.3) is 23.0 Å². The van der Waals surface area contributed by atoms with E-state index in [4.69, 9.17) is 21.0 Å². The normalized spacial score (nSPS) is 14.9. The molecule has 1 aliphatic rings. The second-order valence-electron chi connectivity index (χ2n) is 7.83. The highest BCUT2D eigenvalue weighted by Gasteiger charge is 2.23. The van der Waals surface area contributed by atoms with Gasteiger partial charge in [-0.25, -0.2) is 4.98 Å². The molecule has 0 aliphatic carbocycles. The molecule has 1 saturated heterocycles. The van der Waals surface area contributed by atoms with Gasteiger partial charge in [-0.1, -0.05) is 29.8 Å². The van der Waals surface area contributed by atoms with Gasteiger partial charge in [0.2, 0.25) is 5.91 Å². The molecule has 33 heavy (non-hydrogen) atoms. The van der Waals surface area contributed by atoms with Gasteiger partial charge in [0.1, 0.15) is 11.6 Å². The van der Waals surface area contributed by atoms with E-state index >= 15 is 0 Å². The van der Waals surface area contributed by atoms with E-state index in [1.165, 1.54) is 0 Å². The minimum absolute atomic E-state index is 0.00633. The molecular weight excluding hydrogens is 506 g/mol. The Labute approximate surface area is 204 Å². The summed E-state index contributed by atoms with van der Waals surface area (Å²) in [5.74, 6) is 1.50. The first kappa shape index (κ1) is 21.7. The fourth-order valence-corrected chi connectivity index (χ4v) is 4.52. The fourth-order valence-electron chi connectivity index (χ4n) is 3.94. The summed E-state index contributed by atoms with van der Waals surface area (Å²) in [5, 5.41) is 8.71. The summed E-state index contributed by atoms with van der Waals surface area (Å²) in [6.45, 7) is 1.35. The van der Waals surface area contributed by atoms with Crippen molar-refractivity contribution in [3.05, 3.63) is 76.3 Å². The maximum Gasteiger partial charge on any atom is 0.246 e. The van der Waals surface area contributed by atoms with Crippen LogP contribution in [0.4, 0.5) is 5.82 Å². The minimum Gasteiger partial charge on any atom is -0.465 e. The highest BCUT2D eigenvalue weighted by atomic mass is 79.9. The van der Waals surface area contributed by atoms with E-state index in [0.717, 1.165) is 34.4 Å². The lowest BCUT2D eigenvalue weighted by Crippen LogP contribution is -2.42. The Hall–Kier alpha value is -3.10. The van der Waals surface area contributed by atoms with Crippen LogP contribution >= 0.6 is 27.5 Å². The molecule has 5 rings (SSSR count). The van der Waals surface area contributed by atoms with E-state index < -0.39 is 0 Å². The molecule has 4 aromatic rings. The molecule has 0 spiro atoms. The third-order valence-electron chi connectivity index (χ3n) is 5.67. The van der Waals surface area contributed by atoms with Crippen LogP contribution in [0.2, 0.25) is 5.02 Å². The summed E-state index contributed by atoms with van der Waals surface area (Å²) in [7, 11) is 0. The topological polar surface area (TPSA) is 75.7 Å². The van der Waals surface area contributed by atoms with Crippen LogP contribution in [0.3, 0.4) is 0 Å². The maximum absolute atomic E-state index is 12.5. The van der Waals surface area contributed by atoms with Crippen molar-refractivity contribution in [2.75, 3.05) is 18.4 Å². The number of hydrogen-bond donors (Lipinski definition) is 1. The smallest absolute Gasteiger partial charge is 0.246 e. The molecule has 0 bridgehead atoms. The average Bonchev–Trinajstić information content (AvgIpc) is 3.48. The van der Waals surface area contributed by atoms with Crippen LogP contribution in [0.1, 0.15) is 18.6 Å². The molecule has 1 N–H and O–H groups in total. The predicted octanol–water partition coefficient (Wildman–Crippen LogP) is 5.52. The van der Waals surface area contributed by atoms with E-state index in [0.29, 0.717) is 29.5 Å². The number of benzene rings is 1. The SMILES string of the molecule is O=C(C=Cc1ccco1)N1CCC(Nc2cc(-c3ccccc3Cl)nc3c(Br)cnn23)CC1. The number of carbonyl (C=O) groups excluding carboxylic acids is 1. The highest BCUT2D eigenvalue weighted by molar-refractivity contribution is 9.10. The lowest BCUT2D eigenvalue weighted by atomic mass is 10.0. The molecule has 1 aliphatic heterocycles. The van der Waals surface area contributed by atoms with Gasteiger partial charge < -0.3 is 14.6 Å². The first-order valence-electron chi connectivity index (χ1n) is 10.6. The molecule has 0 atom stereocenters. The summed E-state index contributed by atoms with van der Waals surface area (Å²) >= 11 is 9.97. The van der Waals surface area contributed by atoms with Crippen molar-refractivity contribution >= 4 is 51.0 Å². The van der Waals surface area contributed by atoms with Crippen LogP contribution in [0.15, 0.2) is 69.9 Å². The number of nitrogens with zero attached hydrogens (tertiary/aromatic N) is 4. The molecule has 168 valence electrons. The number of hydrogen-bond acceptors (Lipinski definition) is 5. The Morgan fingerprint density at radius 2 is 2.03 bits per heavy atom. The largest absolute Gasteiger partial charge is 0.465 e. The first-order valence-corrected chi connectivity index (χ1v) is 11.8. The van der Waals surface area contributed by atoms with E-state index in [9.17, 15) is 4.79 Å². The van der Waals surface area contributed by atoms with Gasteiger partial charge in [-0.15, -0.1) is 0 Å². The monoisotopic (exact) mass is 525 g/mol. The molecule has 0 radical (unpaired) electrons. The van der Waals surface area contributed by atoms with Crippen molar-refractivity contribution in [2.45, 2.75) is 18.9 Å². The maximum atomic E-state index is 12.5. The van der Waals surface area contributed by atoms with Gasteiger partial charge in [0.25, 0.3) is 0 Å². The molecule has 0 saturated carbocycles. The summed E-state index contributed by atoms with van der Waals surface area (Å²) in [6.07, 6.45) is 8.24. The number of halogens is 2. The van der Waals surface area contributed by atoms with E-state index in [2.05, 4.69) is 26.3 Å². The van der Waals surface area contributed by atoms with Crippen molar-refractivity contribution in [3.8, 4) is 11.3 Å². The molecule has 9 heteroatoms. The van der Waals surface area contributed by atoms with Gasteiger partial charge in [0, 0.05) is 41.9 Å². The zero-order valence-electron chi connectivity index (χ0n) is 17.6. The predicted molar refractivity (Wildman–Crippen MR) is 132 cm³/mol. The molecule has 4 heterocycles. The highest BCUT2D eigenvalue weighted by Crippen LogP contribution is 2.31. The van der Waals surface area contributed by atoms with E-state index in [1.807, 2.05) is 41.3 Å². The molecule has 1 fully saturated rings. The lowest BCUT2D eigenvalue weighted by molar-refractivity contribution is -0.126. The van der Waals surface area contributed by atoms with Crippen LogP contribution in [-0.2, 0) is 4.79 Å². The van der Waals surface area contributed by atoms with Crippen molar-refractivity contribution in [1.29, 1.82) is 0 Å². The second kappa shape index (κ2) is 9.41. The molecule has 7 nitrogen and oxygen atoms in total. The van der Waals surface area contributed by atoms with Crippen LogP contribution in [-0.4, -0.2) is 44.5 Å². The van der Waals surface area contributed by atoms with E-state index in [1.54, 1.807) is 35.2 Å². The van der Waals surface area contributed by atoms with Gasteiger partial charge in [-0.3, -0.25) is 4.79 Å². The zero-order valence-corrected chi connectivity index (χ0v) is 20.0. The fraction of sp³-hybridized carbons (Fsp3) is 0.208. The molecule has 1 amide bonds. The van der Waals surface area contributed by atoms with Gasteiger partial charge in [0.15, 0.2) is 5.65 Å². The number of anilines is 1. The summed E-state index contributed by atoms with van der Waals surface area (Å²) in [6, 6.07) is 13.4. The Morgan fingerprint density at radius 3 is 2.79 bits per heavy atom. The summed E-state index contributed by atoms with van der Waals surface area (Å²) in [4.78, 5) is 19.1. The number of fused-ring (bicyclic) bond motifs is 1. The van der Waals surface area contributed by atoms with Crippen molar-refractivity contribution in [3.63, 3.8) is 0 Å². The van der Waals surface area contributed by atoms with Gasteiger partial charge in [-0.2, -0.15) is 9.61 Å². The van der Waals surface area contributed by atoms with Crippen LogP contribution in [0.5, 0.6) is 0 Å². The Kier molecular flexibility index (Phi) is 6.20. The minimum atomic E-state index is -0.00633. The molecular formula is C24H21BrClN5O2. The number of amides is 1. The Morgan fingerprint density at radius 1 is 1.21 bits per heavy atom. The van der Waals surface area contributed by atoms with Gasteiger partial charge in [-0.05, 0) is 53.0 Å². The van der Waals surface area contributed by atoms with Crippen molar-refractivity contribution in [1.82, 2.24) is 19.5 Å². The van der Waals surface area contributed by atoms with E-state index in [-0.39, 0.29) is 11.9 Å². The van der Waals surface area contributed by atoms with Crippen molar-refractivity contribution in [2.24, 2.45) is 0 Å². The summed E-state index contributed by atoms with van der Waals surface area (Å²) < 4.78 is 7.84. The molecule has 1 aromatic carbocycles. The molecule has 0 unspecified atom stereocenters. The number of rotatable bonds is 5. The second-order valence-corrected chi connectivity index (χ2v) is 9.09. The quantitative estimate of drug-likeness (QED) is 0.347. The number of furan rings is 1. The lowest BCUT2D eigenvalue weighted by Gasteiger charge is -2.32. The van der Waals surface area contributed by atoms with Gasteiger partial charge in [0.05, 0.1) is 22.6 Å². The molecule has 3 aromatic heterocycles. The standard InChI is InChI=1S/C24H21BrClN5O2/c25-19-15-27-31-22(14-21(29-24(19)31)18-5-1-2-6-20(18)26)28-16-9-11-30(12-10-16)23(32)8-7-17-4-3-13-33-17/h1-8,13-16,28H,9-12H2. The number of likely N-dealkylation sites (tertiary alicyclic amines) is 1. The summed E-state index contributed by atoms with van der Waals surface area (Å²) in [5.41, 5.74) is 2.35. The van der Waals surface area contributed by atoms with Crippen LogP contribution in [0, 0.1) is 0 Å². The Bertz CT molecular complexity index is 1310. The number of aromatic nitrogens is 3. The first-order chi connectivity index (χ1) is 16.1. The third-order valence-corrected chi connectivity index (χ3v) is 6.56. The number of piperidine rings is 1. The van der Waals surface area contributed by atoms with Gasteiger partial charge >= 0.3 is 0 Å². The number of carbonyl (C=O) groups is 1. The zero-order chi connectivity index (χ0) is 22.8. The Balaban J connectivity index is 1.32. The average molecular weight is 527 g/mol. The third kappa shape index (κ3) is 4.67.